The molecule has 1 aromatic carbocycles. The molecule has 0 bridgehead atoms. The first-order valence-electron chi connectivity index (χ1n) is 6.93. The molecule has 0 aliphatic rings. The van der Waals surface area contributed by atoms with Crippen LogP contribution in [0.5, 0.6) is 11.5 Å². The third kappa shape index (κ3) is 3.33. The number of hydrogen-bond acceptors (Lipinski definition) is 6. The highest BCUT2D eigenvalue weighted by molar-refractivity contribution is 7.20. The van der Waals surface area contributed by atoms with Crippen LogP contribution in [0.4, 0.5) is 0 Å². The Kier molecular flexibility index (Phi) is 4.55. The number of ether oxygens (including phenoxy) is 3. The Morgan fingerprint density at radius 3 is 2.65 bits per heavy atom. The minimum atomic E-state index is -0.360. The number of carbonyl (C=O) groups excluding carboxylic acids is 1. The Balaban J connectivity index is 1.90. The van der Waals surface area contributed by atoms with Gasteiger partial charge in [-0.2, -0.15) is 0 Å². The van der Waals surface area contributed by atoms with Crippen molar-refractivity contribution >= 4 is 27.4 Å². The number of methoxy groups -OCH3 is 2. The molecule has 0 aliphatic carbocycles. The quantitative estimate of drug-likeness (QED) is 0.662. The zero-order chi connectivity index (χ0) is 16.2. The van der Waals surface area contributed by atoms with Crippen LogP contribution in [0.1, 0.15) is 15.2 Å². The Hall–Kier alpha value is -2.44. The van der Waals surface area contributed by atoms with E-state index in [9.17, 15) is 4.79 Å². The fourth-order valence-electron chi connectivity index (χ4n) is 2.17. The van der Waals surface area contributed by atoms with Gasteiger partial charge in [0.2, 0.25) is 0 Å². The molecule has 0 radical (unpaired) electrons. The Morgan fingerprint density at radius 1 is 1.17 bits per heavy atom. The van der Waals surface area contributed by atoms with Gasteiger partial charge in [0.15, 0.2) is 5.75 Å². The van der Waals surface area contributed by atoms with E-state index in [0.717, 1.165) is 15.6 Å². The number of esters is 1. The summed E-state index contributed by atoms with van der Waals surface area (Å²) < 4.78 is 16.6. The molecule has 3 aromatic rings. The van der Waals surface area contributed by atoms with E-state index in [0.29, 0.717) is 23.0 Å². The average Bonchev–Trinajstić information content (AvgIpc) is 3.01. The molecule has 23 heavy (non-hydrogen) atoms. The van der Waals surface area contributed by atoms with Crippen molar-refractivity contribution in [3.8, 4) is 11.5 Å². The third-order valence-corrected chi connectivity index (χ3v) is 4.31. The lowest BCUT2D eigenvalue weighted by Crippen LogP contribution is -1.96. The van der Waals surface area contributed by atoms with Crippen molar-refractivity contribution in [3.63, 3.8) is 0 Å². The summed E-state index contributed by atoms with van der Waals surface area (Å²) in [4.78, 5) is 16.4. The molecule has 2 aromatic heterocycles. The molecule has 2 heterocycles. The molecule has 118 valence electrons. The molecule has 0 spiro atoms. The largest absolute Gasteiger partial charge is 0.465 e. The zero-order valence-electron chi connectivity index (χ0n) is 12.7. The Bertz CT molecular complexity index is 826. The molecule has 0 amide bonds. The smallest absolute Gasteiger partial charge is 0.348 e. The summed E-state index contributed by atoms with van der Waals surface area (Å²) in [5.74, 6) is 0.944. The van der Waals surface area contributed by atoms with Crippen LogP contribution in [-0.4, -0.2) is 25.2 Å². The summed E-state index contributed by atoms with van der Waals surface area (Å²) >= 11 is 1.33. The number of pyridine rings is 1. The van der Waals surface area contributed by atoms with Gasteiger partial charge in [-0.25, -0.2) is 4.79 Å². The van der Waals surface area contributed by atoms with Crippen molar-refractivity contribution in [1.82, 2.24) is 4.98 Å². The molecule has 0 unspecified atom stereocenters. The van der Waals surface area contributed by atoms with Crippen LogP contribution in [0.3, 0.4) is 0 Å². The monoisotopic (exact) mass is 329 g/mol. The standard InChI is InChI=1S/C17H15NO4S/c1-20-10-11-3-5-12(6-4-11)22-14-8-18-9-16-13(14)7-15(23-16)17(19)21-2/h3-9H,10H2,1-2H3. The Labute approximate surface area is 137 Å². The molecule has 0 saturated heterocycles. The SMILES string of the molecule is COCc1ccc(Oc2cncc3sc(C(=O)OC)cc23)cc1. The van der Waals surface area contributed by atoms with Gasteiger partial charge in [-0.05, 0) is 23.8 Å². The molecule has 0 aliphatic heterocycles. The second kappa shape index (κ2) is 6.76. The van der Waals surface area contributed by atoms with Gasteiger partial charge in [0, 0.05) is 18.7 Å². The molecule has 0 N–H and O–H groups in total. The number of benzene rings is 1. The van der Waals surface area contributed by atoms with Crippen LogP contribution < -0.4 is 4.74 Å². The maximum Gasteiger partial charge on any atom is 0.348 e. The van der Waals surface area contributed by atoms with Crippen molar-refractivity contribution in [2.24, 2.45) is 0 Å². The topological polar surface area (TPSA) is 57.7 Å². The molecule has 3 rings (SSSR count). The number of fused-ring (bicyclic) bond motifs is 1. The lowest BCUT2D eigenvalue weighted by molar-refractivity contribution is 0.0606. The minimum Gasteiger partial charge on any atom is -0.465 e. The predicted molar refractivity (Wildman–Crippen MR) is 88.2 cm³/mol. The van der Waals surface area contributed by atoms with Crippen molar-refractivity contribution in [2.75, 3.05) is 14.2 Å². The zero-order valence-corrected chi connectivity index (χ0v) is 13.6. The number of nitrogens with zero attached hydrogens (tertiary/aromatic N) is 1. The van der Waals surface area contributed by atoms with Crippen molar-refractivity contribution in [1.29, 1.82) is 0 Å². The average molecular weight is 329 g/mol. The fourth-order valence-corrected chi connectivity index (χ4v) is 3.13. The van der Waals surface area contributed by atoms with Gasteiger partial charge in [-0.15, -0.1) is 11.3 Å². The van der Waals surface area contributed by atoms with Crippen LogP contribution in [0, 0.1) is 0 Å². The summed E-state index contributed by atoms with van der Waals surface area (Å²) in [5, 5.41) is 0.839. The molecule has 0 saturated carbocycles. The minimum absolute atomic E-state index is 0.360. The van der Waals surface area contributed by atoms with E-state index in [1.54, 1.807) is 25.6 Å². The van der Waals surface area contributed by atoms with E-state index in [1.165, 1.54) is 18.4 Å². The van der Waals surface area contributed by atoms with Crippen LogP contribution in [-0.2, 0) is 16.1 Å². The van der Waals surface area contributed by atoms with Gasteiger partial charge >= 0.3 is 5.97 Å². The normalized spacial score (nSPS) is 10.7. The highest BCUT2D eigenvalue weighted by Gasteiger charge is 2.14. The summed E-state index contributed by atoms with van der Waals surface area (Å²) in [6.07, 6.45) is 3.35. The first kappa shape index (κ1) is 15.5. The van der Waals surface area contributed by atoms with E-state index in [1.807, 2.05) is 24.3 Å². The predicted octanol–water partition coefficient (Wildman–Crippen LogP) is 4.02. The highest BCUT2D eigenvalue weighted by Crippen LogP contribution is 2.34. The molecule has 5 nitrogen and oxygen atoms in total. The maximum absolute atomic E-state index is 11.7. The summed E-state index contributed by atoms with van der Waals surface area (Å²) in [5.41, 5.74) is 1.07. The maximum atomic E-state index is 11.7. The van der Waals surface area contributed by atoms with Crippen molar-refractivity contribution < 1.29 is 19.0 Å². The molecule has 0 atom stereocenters. The Morgan fingerprint density at radius 2 is 1.96 bits per heavy atom. The van der Waals surface area contributed by atoms with Crippen LogP contribution >= 0.6 is 11.3 Å². The fraction of sp³-hybridized carbons (Fsp3) is 0.176. The second-order valence-electron chi connectivity index (χ2n) is 4.83. The van der Waals surface area contributed by atoms with Crippen LogP contribution in [0.2, 0.25) is 0 Å². The summed E-state index contributed by atoms with van der Waals surface area (Å²) in [7, 11) is 3.02. The molecule has 0 fully saturated rings. The highest BCUT2D eigenvalue weighted by atomic mass is 32.1. The number of aromatic nitrogens is 1. The molecular formula is C17H15NO4S. The molecular weight excluding hydrogens is 314 g/mol. The second-order valence-corrected chi connectivity index (χ2v) is 5.91. The number of thiophene rings is 1. The first-order valence-corrected chi connectivity index (χ1v) is 7.74. The van der Waals surface area contributed by atoms with Gasteiger partial charge < -0.3 is 14.2 Å². The van der Waals surface area contributed by atoms with Gasteiger partial charge in [-0.3, -0.25) is 4.98 Å². The van der Waals surface area contributed by atoms with Crippen LogP contribution in [0.15, 0.2) is 42.7 Å². The summed E-state index contributed by atoms with van der Waals surface area (Å²) in [6.45, 7) is 0.560. The number of hydrogen-bond donors (Lipinski definition) is 0. The third-order valence-electron chi connectivity index (χ3n) is 3.26. The van der Waals surface area contributed by atoms with Gasteiger partial charge in [-0.1, -0.05) is 12.1 Å². The lowest BCUT2D eigenvalue weighted by atomic mass is 10.2. The van der Waals surface area contributed by atoms with E-state index in [2.05, 4.69) is 4.98 Å². The van der Waals surface area contributed by atoms with E-state index < -0.39 is 0 Å². The summed E-state index contributed by atoms with van der Waals surface area (Å²) in [6, 6.07) is 9.41. The van der Waals surface area contributed by atoms with Crippen LogP contribution in [0.25, 0.3) is 10.1 Å². The van der Waals surface area contributed by atoms with E-state index in [4.69, 9.17) is 14.2 Å². The van der Waals surface area contributed by atoms with Gasteiger partial charge in [0.25, 0.3) is 0 Å². The van der Waals surface area contributed by atoms with Gasteiger partial charge in [0.05, 0.1) is 24.6 Å². The number of carbonyl (C=O) groups is 1. The van der Waals surface area contributed by atoms with Crippen molar-refractivity contribution in [2.45, 2.75) is 6.61 Å². The van der Waals surface area contributed by atoms with E-state index in [-0.39, 0.29) is 5.97 Å². The lowest BCUT2D eigenvalue weighted by Gasteiger charge is -2.07. The number of rotatable bonds is 5. The molecule has 6 heteroatoms. The van der Waals surface area contributed by atoms with Crippen molar-refractivity contribution in [3.05, 3.63) is 53.2 Å². The first-order chi connectivity index (χ1) is 11.2. The van der Waals surface area contributed by atoms with E-state index >= 15 is 0 Å². The van der Waals surface area contributed by atoms with Gasteiger partial charge in [0.1, 0.15) is 10.6 Å².